The van der Waals surface area contributed by atoms with Crippen LogP contribution in [0.4, 0.5) is 5.69 Å². The molecular weight excluding hydrogens is 487 g/mol. The topological polar surface area (TPSA) is 68.7 Å². The largest absolute Gasteiger partial charge is 0.488 e. The number of amides is 1. The maximum Gasteiger partial charge on any atom is 0.334 e. The van der Waals surface area contributed by atoms with Gasteiger partial charge in [-0.05, 0) is 43.4 Å². The van der Waals surface area contributed by atoms with Crippen LogP contribution in [0.3, 0.4) is 0 Å². The van der Waals surface area contributed by atoms with Crippen LogP contribution in [0.25, 0.3) is 0 Å². The minimum absolute atomic E-state index is 0.142. The fraction of sp³-hybridized carbons (Fsp3) is 0.292. The number of halogens is 3. The van der Waals surface area contributed by atoms with Gasteiger partial charge in [-0.1, -0.05) is 53.5 Å². The van der Waals surface area contributed by atoms with E-state index in [0.29, 0.717) is 45.6 Å². The van der Waals surface area contributed by atoms with Crippen molar-refractivity contribution in [1.82, 2.24) is 4.98 Å². The highest BCUT2D eigenvalue weighted by molar-refractivity contribution is 6.37. The van der Waals surface area contributed by atoms with Gasteiger partial charge in [0.15, 0.2) is 0 Å². The Labute approximate surface area is 207 Å². The number of methoxy groups -OCH3 is 1. The summed E-state index contributed by atoms with van der Waals surface area (Å²) in [5.41, 5.74) is 1.92. The van der Waals surface area contributed by atoms with Gasteiger partial charge in [-0.15, -0.1) is 0 Å². The minimum Gasteiger partial charge on any atom is -0.488 e. The normalized spacial score (nSPS) is 13.5. The highest BCUT2D eigenvalue weighted by Gasteiger charge is 2.30. The molecule has 0 saturated heterocycles. The van der Waals surface area contributed by atoms with Gasteiger partial charge in [0.05, 0.1) is 29.4 Å². The van der Waals surface area contributed by atoms with Crippen LogP contribution in [0, 0.1) is 0 Å². The van der Waals surface area contributed by atoms with E-state index in [9.17, 15) is 9.59 Å². The van der Waals surface area contributed by atoms with Crippen molar-refractivity contribution in [2.75, 3.05) is 18.6 Å². The van der Waals surface area contributed by atoms with E-state index in [0.717, 1.165) is 18.4 Å². The fourth-order valence-corrected chi connectivity index (χ4v) is 4.24. The van der Waals surface area contributed by atoms with Crippen LogP contribution in [-0.2, 0) is 20.9 Å². The van der Waals surface area contributed by atoms with Gasteiger partial charge in [-0.2, -0.15) is 0 Å². The Morgan fingerprint density at radius 3 is 2.48 bits per heavy atom. The van der Waals surface area contributed by atoms with Crippen molar-refractivity contribution in [3.8, 4) is 5.75 Å². The fourth-order valence-electron chi connectivity index (χ4n) is 3.59. The molecule has 0 radical (unpaired) electrons. The molecule has 174 valence electrons. The summed E-state index contributed by atoms with van der Waals surface area (Å²) in [6, 6.07) is 6.54. The molecule has 0 bridgehead atoms. The number of benzene rings is 1. The van der Waals surface area contributed by atoms with Crippen molar-refractivity contribution >= 4 is 52.4 Å². The maximum atomic E-state index is 13.8. The first-order valence-corrected chi connectivity index (χ1v) is 11.4. The van der Waals surface area contributed by atoms with Gasteiger partial charge >= 0.3 is 5.97 Å². The average molecular weight is 510 g/mol. The molecule has 1 aromatic carbocycles. The molecule has 33 heavy (non-hydrogen) atoms. The minimum atomic E-state index is -0.497. The third-order valence-corrected chi connectivity index (χ3v) is 6.00. The second kappa shape index (κ2) is 11.5. The molecule has 1 heterocycles. The third-order valence-electron chi connectivity index (χ3n) is 5.18. The van der Waals surface area contributed by atoms with Crippen LogP contribution in [0.2, 0.25) is 15.2 Å². The number of nitrogens with zero attached hydrogens (tertiary/aromatic N) is 2. The number of ether oxygens (including phenoxy) is 2. The van der Waals surface area contributed by atoms with Gasteiger partial charge in [0.1, 0.15) is 17.5 Å². The molecule has 0 fully saturated rings. The molecule has 0 spiro atoms. The first-order chi connectivity index (χ1) is 15.8. The zero-order valence-electron chi connectivity index (χ0n) is 18.1. The summed E-state index contributed by atoms with van der Waals surface area (Å²) >= 11 is 18.7. The quantitative estimate of drug-likeness (QED) is 0.241. The van der Waals surface area contributed by atoms with Crippen molar-refractivity contribution in [2.24, 2.45) is 0 Å². The van der Waals surface area contributed by atoms with Crippen LogP contribution in [0.15, 0.2) is 54.3 Å². The van der Waals surface area contributed by atoms with Crippen molar-refractivity contribution in [2.45, 2.75) is 32.2 Å². The molecule has 2 aromatic rings. The number of carbonyl (C=O) groups excluding carboxylic acids is 2. The van der Waals surface area contributed by atoms with E-state index < -0.39 is 5.97 Å². The predicted molar refractivity (Wildman–Crippen MR) is 130 cm³/mol. The summed E-state index contributed by atoms with van der Waals surface area (Å²) in [4.78, 5) is 31.8. The number of hydrogen-bond acceptors (Lipinski definition) is 5. The molecule has 0 saturated carbocycles. The number of pyridine rings is 1. The van der Waals surface area contributed by atoms with E-state index in [1.807, 2.05) is 0 Å². The lowest BCUT2D eigenvalue weighted by Gasteiger charge is -2.28. The molecule has 0 N–H and O–H groups in total. The first kappa shape index (κ1) is 25.1. The molecular formula is C24H23Cl3N2O4. The summed E-state index contributed by atoms with van der Waals surface area (Å²) in [5, 5.41) is 0.903. The van der Waals surface area contributed by atoms with Crippen molar-refractivity contribution < 1.29 is 19.1 Å². The lowest BCUT2D eigenvalue weighted by atomic mass is 9.90. The highest BCUT2D eigenvalue weighted by atomic mass is 35.5. The van der Waals surface area contributed by atoms with Crippen LogP contribution < -0.4 is 9.64 Å². The van der Waals surface area contributed by atoms with Crippen LogP contribution in [0.5, 0.6) is 5.75 Å². The zero-order chi connectivity index (χ0) is 24.0. The second-order valence-electron chi connectivity index (χ2n) is 7.37. The monoisotopic (exact) mass is 508 g/mol. The zero-order valence-corrected chi connectivity index (χ0v) is 20.3. The van der Waals surface area contributed by atoms with E-state index >= 15 is 0 Å². The standard InChI is InChI=1S/C24H23Cl3N2O4/c1-3-10-33-21-12-20(18(25)11-19(21)26)29(14-15-8-9-22(27)28-13-15)23(30)16-6-4-5-7-17(16)24(31)32-2/h3,8-9,11-13H,1,4-7,10,14H2,2H3. The van der Waals surface area contributed by atoms with E-state index in [4.69, 9.17) is 44.3 Å². The van der Waals surface area contributed by atoms with E-state index in [-0.39, 0.29) is 24.1 Å². The van der Waals surface area contributed by atoms with Crippen molar-refractivity contribution in [3.63, 3.8) is 0 Å². The molecule has 3 rings (SSSR count). The van der Waals surface area contributed by atoms with Gasteiger partial charge in [0.2, 0.25) is 0 Å². The number of esters is 1. The Balaban J connectivity index is 2.11. The summed E-state index contributed by atoms with van der Waals surface area (Å²) in [6.07, 6.45) is 5.71. The van der Waals surface area contributed by atoms with Gasteiger partial charge < -0.3 is 14.4 Å². The van der Waals surface area contributed by atoms with E-state index in [1.165, 1.54) is 18.1 Å². The number of rotatable bonds is 8. The van der Waals surface area contributed by atoms with Gasteiger partial charge in [-0.3, -0.25) is 4.79 Å². The first-order valence-electron chi connectivity index (χ1n) is 10.3. The van der Waals surface area contributed by atoms with Crippen molar-refractivity contribution in [1.29, 1.82) is 0 Å². The van der Waals surface area contributed by atoms with E-state index in [1.54, 1.807) is 30.5 Å². The molecule has 0 atom stereocenters. The van der Waals surface area contributed by atoms with Gasteiger partial charge in [0, 0.05) is 23.4 Å². The Morgan fingerprint density at radius 1 is 1.12 bits per heavy atom. The molecule has 9 heteroatoms. The average Bonchev–Trinajstić information content (AvgIpc) is 2.82. The molecule has 0 aliphatic heterocycles. The van der Waals surface area contributed by atoms with Crippen LogP contribution >= 0.6 is 34.8 Å². The predicted octanol–water partition coefficient (Wildman–Crippen LogP) is 6.18. The Kier molecular flexibility index (Phi) is 8.78. The summed E-state index contributed by atoms with van der Waals surface area (Å²) in [6.45, 7) is 4.01. The Hall–Kier alpha value is -2.54. The van der Waals surface area contributed by atoms with Crippen LogP contribution in [0.1, 0.15) is 31.2 Å². The second-order valence-corrected chi connectivity index (χ2v) is 8.57. The van der Waals surface area contributed by atoms with E-state index in [2.05, 4.69) is 11.6 Å². The summed E-state index contributed by atoms with van der Waals surface area (Å²) in [7, 11) is 1.31. The lowest BCUT2D eigenvalue weighted by molar-refractivity contribution is -0.136. The Bertz CT molecular complexity index is 1080. The van der Waals surface area contributed by atoms with Crippen molar-refractivity contribution in [3.05, 3.63) is 75.0 Å². The molecule has 0 unspecified atom stereocenters. The molecule has 1 aliphatic rings. The number of anilines is 1. The lowest BCUT2D eigenvalue weighted by Crippen LogP contribution is -2.34. The SMILES string of the molecule is C=CCOc1cc(N(Cc2ccc(Cl)nc2)C(=O)C2=C(C(=O)OC)CCCC2)c(Cl)cc1Cl. The number of aromatic nitrogens is 1. The van der Waals surface area contributed by atoms with Gasteiger partial charge in [0.25, 0.3) is 5.91 Å². The molecule has 6 nitrogen and oxygen atoms in total. The molecule has 1 amide bonds. The molecule has 1 aromatic heterocycles. The maximum absolute atomic E-state index is 13.8. The molecule has 1 aliphatic carbocycles. The Morgan fingerprint density at radius 2 is 1.85 bits per heavy atom. The third kappa shape index (κ3) is 6.08. The number of carbonyl (C=O) groups is 2. The van der Waals surface area contributed by atoms with Gasteiger partial charge in [-0.25, -0.2) is 9.78 Å². The van der Waals surface area contributed by atoms with Crippen LogP contribution in [-0.4, -0.2) is 30.6 Å². The summed E-state index contributed by atoms with van der Waals surface area (Å²) in [5.74, 6) is -0.485. The highest BCUT2D eigenvalue weighted by Crippen LogP contribution is 2.39. The summed E-state index contributed by atoms with van der Waals surface area (Å²) < 4.78 is 10.6. The smallest absolute Gasteiger partial charge is 0.334 e. The number of hydrogen-bond donors (Lipinski definition) is 0.